The smallest absolute Gasteiger partial charge is 0.335 e. The number of hydrogen-bond acceptors (Lipinski definition) is 2. The molecule has 0 radical (unpaired) electrons. The Balaban J connectivity index is 2.01. The Hall–Kier alpha value is -1.81. The second-order valence-electron chi connectivity index (χ2n) is 4.32. The van der Waals surface area contributed by atoms with Gasteiger partial charge in [-0.3, -0.25) is 0 Å². The second kappa shape index (κ2) is 5.89. The van der Waals surface area contributed by atoms with Crippen LogP contribution in [0.3, 0.4) is 0 Å². The van der Waals surface area contributed by atoms with Gasteiger partial charge in [0.1, 0.15) is 0 Å². The van der Waals surface area contributed by atoms with E-state index >= 15 is 0 Å². The van der Waals surface area contributed by atoms with Crippen LogP contribution in [-0.2, 0) is 6.54 Å². The molecule has 98 valence electrons. The number of aromatic carboxylic acids is 1. The Morgan fingerprint density at radius 2 is 1.89 bits per heavy atom. The molecule has 2 N–H and O–H groups in total. The van der Waals surface area contributed by atoms with Crippen LogP contribution < -0.4 is 5.32 Å². The molecule has 3 nitrogen and oxygen atoms in total. The summed E-state index contributed by atoms with van der Waals surface area (Å²) < 4.78 is 1.09. The quantitative estimate of drug-likeness (QED) is 0.893. The van der Waals surface area contributed by atoms with E-state index in [0.717, 1.165) is 10.2 Å². The summed E-state index contributed by atoms with van der Waals surface area (Å²) in [5.74, 6) is -0.908. The van der Waals surface area contributed by atoms with Crippen molar-refractivity contribution in [3.05, 3.63) is 63.6 Å². The fraction of sp³-hybridized carbons (Fsp3) is 0.133. The van der Waals surface area contributed by atoms with Crippen LogP contribution in [0.1, 0.15) is 21.5 Å². The van der Waals surface area contributed by atoms with Gasteiger partial charge in [-0.15, -0.1) is 0 Å². The highest BCUT2D eigenvalue weighted by molar-refractivity contribution is 9.10. The average Bonchev–Trinajstić information content (AvgIpc) is 2.40. The molecule has 2 aromatic rings. The molecule has 0 saturated carbocycles. The molecule has 0 atom stereocenters. The molecule has 19 heavy (non-hydrogen) atoms. The van der Waals surface area contributed by atoms with Crippen molar-refractivity contribution >= 4 is 27.6 Å². The zero-order valence-electron chi connectivity index (χ0n) is 10.5. The van der Waals surface area contributed by atoms with Crippen LogP contribution in [0.2, 0.25) is 0 Å². The number of anilines is 1. The molecule has 0 bridgehead atoms. The molecule has 0 unspecified atom stereocenters. The lowest BCUT2D eigenvalue weighted by Crippen LogP contribution is -2.01. The van der Waals surface area contributed by atoms with Gasteiger partial charge >= 0.3 is 5.97 Å². The molecular formula is C15H14BrNO2. The van der Waals surface area contributed by atoms with Gasteiger partial charge in [0, 0.05) is 16.7 Å². The van der Waals surface area contributed by atoms with E-state index in [1.807, 2.05) is 6.92 Å². The highest BCUT2D eigenvalue weighted by Gasteiger charge is 2.02. The van der Waals surface area contributed by atoms with Crippen LogP contribution in [0.15, 0.2) is 46.9 Å². The molecule has 0 aliphatic carbocycles. The molecule has 0 heterocycles. The topological polar surface area (TPSA) is 49.3 Å². The zero-order chi connectivity index (χ0) is 13.8. The molecule has 4 heteroatoms. The number of benzene rings is 2. The molecule has 0 spiro atoms. The van der Waals surface area contributed by atoms with E-state index in [2.05, 4.69) is 39.4 Å². The molecule has 0 amide bonds. The number of nitrogens with one attached hydrogen (secondary N) is 1. The van der Waals surface area contributed by atoms with E-state index < -0.39 is 5.97 Å². The minimum atomic E-state index is -0.908. The van der Waals surface area contributed by atoms with Gasteiger partial charge in [-0.2, -0.15) is 0 Å². The molecule has 2 aromatic carbocycles. The lowest BCUT2D eigenvalue weighted by molar-refractivity contribution is 0.0697. The normalized spacial score (nSPS) is 10.2. The zero-order valence-corrected chi connectivity index (χ0v) is 12.1. The number of rotatable bonds is 4. The van der Waals surface area contributed by atoms with E-state index in [-0.39, 0.29) is 0 Å². The second-order valence-corrected chi connectivity index (χ2v) is 5.17. The van der Waals surface area contributed by atoms with Crippen molar-refractivity contribution in [3.63, 3.8) is 0 Å². The summed E-state index contributed by atoms with van der Waals surface area (Å²) in [7, 11) is 0. The van der Waals surface area contributed by atoms with Crippen LogP contribution in [0.4, 0.5) is 5.69 Å². The van der Waals surface area contributed by atoms with Gasteiger partial charge in [0.2, 0.25) is 0 Å². The summed E-state index contributed by atoms with van der Waals surface area (Å²) in [6.07, 6.45) is 0. The van der Waals surface area contributed by atoms with E-state index in [1.165, 1.54) is 11.1 Å². The summed E-state index contributed by atoms with van der Waals surface area (Å²) >= 11 is 3.50. The number of hydrogen-bond donors (Lipinski definition) is 2. The van der Waals surface area contributed by atoms with Crippen molar-refractivity contribution in [3.8, 4) is 0 Å². The summed E-state index contributed by atoms with van der Waals surface area (Å²) in [5, 5.41) is 12.1. The van der Waals surface area contributed by atoms with Gasteiger partial charge in [0.15, 0.2) is 0 Å². The molecule has 2 rings (SSSR count). The third kappa shape index (κ3) is 3.58. The summed E-state index contributed by atoms with van der Waals surface area (Å²) in [4.78, 5) is 10.7. The number of aryl methyl sites for hydroxylation is 1. The first-order valence-electron chi connectivity index (χ1n) is 5.88. The first kappa shape index (κ1) is 13.6. The van der Waals surface area contributed by atoms with Gasteiger partial charge in [-0.05, 0) is 48.4 Å². The Kier molecular flexibility index (Phi) is 4.22. The lowest BCUT2D eigenvalue weighted by atomic mass is 10.1. The van der Waals surface area contributed by atoms with Crippen molar-refractivity contribution in [2.75, 3.05) is 5.32 Å². The Morgan fingerprint density at radius 1 is 1.21 bits per heavy atom. The highest BCUT2D eigenvalue weighted by Crippen LogP contribution is 2.18. The van der Waals surface area contributed by atoms with Gasteiger partial charge in [-0.1, -0.05) is 28.1 Å². The summed E-state index contributed by atoms with van der Waals surface area (Å²) in [5.41, 5.74) is 3.57. The number of carboxylic acid groups (broad SMARTS) is 1. The highest BCUT2D eigenvalue weighted by atomic mass is 79.9. The van der Waals surface area contributed by atoms with Crippen molar-refractivity contribution in [2.45, 2.75) is 13.5 Å². The maximum atomic E-state index is 10.7. The van der Waals surface area contributed by atoms with Crippen LogP contribution in [0.25, 0.3) is 0 Å². The minimum absolute atomic E-state index is 0.295. The molecule has 0 aromatic heterocycles. The van der Waals surface area contributed by atoms with Crippen LogP contribution >= 0.6 is 15.9 Å². The maximum absolute atomic E-state index is 10.7. The Bertz CT molecular complexity index is 594. The van der Waals surface area contributed by atoms with Crippen molar-refractivity contribution < 1.29 is 9.90 Å². The number of carboxylic acids is 1. The first-order valence-corrected chi connectivity index (χ1v) is 6.68. The van der Waals surface area contributed by atoms with Crippen molar-refractivity contribution in [1.82, 2.24) is 0 Å². The SMILES string of the molecule is Cc1ccc(CNc2ccc(C(=O)O)cc2)cc1Br. The van der Waals surface area contributed by atoms with Crippen molar-refractivity contribution in [1.29, 1.82) is 0 Å². The largest absolute Gasteiger partial charge is 0.478 e. The van der Waals surface area contributed by atoms with Crippen molar-refractivity contribution in [2.24, 2.45) is 0 Å². The Labute approximate surface area is 120 Å². The molecule has 0 aliphatic heterocycles. The van der Waals surface area contributed by atoms with Crippen LogP contribution in [0.5, 0.6) is 0 Å². The van der Waals surface area contributed by atoms with E-state index in [0.29, 0.717) is 12.1 Å². The third-order valence-corrected chi connectivity index (χ3v) is 3.72. The van der Waals surface area contributed by atoms with E-state index in [9.17, 15) is 4.79 Å². The molecular weight excluding hydrogens is 306 g/mol. The van der Waals surface area contributed by atoms with E-state index in [4.69, 9.17) is 5.11 Å². The number of halogens is 1. The predicted molar refractivity (Wildman–Crippen MR) is 79.6 cm³/mol. The van der Waals surface area contributed by atoms with E-state index in [1.54, 1.807) is 24.3 Å². The third-order valence-electron chi connectivity index (χ3n) is 2.86. The Morgan fingerprint density at radius 3 is 2.47 bits per heavy atom. The molecule has 0 fully saturated rings. The lowest BCUT2D eigenvalue weighted by Gasteiger charge is -2.08. The molecule has 0 aliphatic rings. The molecule has 0 saturated heterocycles. The summed E-state index contributed by atoms with van der Waals surface area (Å²) in [6, 6.07) is 12.9. The van der Waals surface area contributed by atoms with Crippen LogP contribution in [0, 0.1) is 6.92 Å². The average molecular weight is 320 g/mol. The van der Waals surface area contributed by atoms with Gasteiger partial charge < -0.3 is 10.4 Å². The van der Waals surface area contributed by atoms with Crippen LogP contribution in [-0.4, -0.2) is 11.1 Å². The minimum Gasteiger partial charge on any atom is -0.478 e. The number of carbonyl (C=O) groups is 1. The predicted octanol–water partition coefficient (Wildman–Crippen LogP) is 4.07. The summed E-state index contributed by atoms with van der Waals surface area (Å²) in [6.45, 7) is 2.75. The standard InChI is InChI=1S/C15H14BrNO2/c1-10-2-3-11(8-14(10)16)9-17-13-6-4-12(5-7-13)15(18)19/h2-8,17H,9H2,1H3,(H,18,19). The monoisotopic (exact) mass is 319 g/mol. The van der Waals surface area contributed by atoms with Gasteiger partial charge in [0.05, 0.1) is 5.56 Å². The fourth-order valence-corrected chi connectivity index (χ4v) is 2.11. The van der Waals surface area contributed by atoms with Gasteiger partial charge in [-0.25, -0.2) is 4.79 Å². The fourth-order valence-electron chi connectivity index (χ4n) is 1.68. The van der Waals surface area contributed by atoms with Gasteiger partial charge in [0.25, 0.3) is 0 Å². The first-order chi connectivity index (χ1) is 9.06. The maximum Gasteiger partial charge on any atom is 0.335 e.